The Balaban J connectivity index is 0.00000272. The molecule has 2 aromatic carbocycles. The van der Waals surface area contributed by atoms with Gasteiger partial charge >= 0.3 is 0 Å². The summed E-state index contributed by atoms with van der Waals surface area (Å²) >= 11 is 0. The lowest BCUT2D eigenvalue weighted by Crippen LogP contribution is -2.28. The highest BCUT2D eigenvalue weighted by Gasteiger charge is 2.21. The summed E-state index contributed by atoms with van der Waals surface area (Å²) in [6, 6.07) is 14.5. The van der Waals surface area contributed by atoms with Gasteiger partial charge in [-0.3, -0.25) is 4.98 Å². The van der Waals surface area contributed by atoms with Gasteiger partial charge in [0.2, 0.25) is 9.84 Å². The molecule has 31 heavy (non-hydrogen) atoms. The number of fused-ring (bicyclic) bond motifs is 1. The van der Waals surface area contributed by atoms with Crippen molar-refractivity contribution in [3.63, 3.8) is 0 Å². The molecule has 1 N–H and O–H groups in total. The predicted molar refractivity (Wildman–Crippen MR) is 129 cm³/mol. The van der Waals surface area contributed by atoms with Crippen LogP contribution in [-0.4, -0.2) is 39.6 Å². The van der Waals surface area contributed by atoms with Crippen LogP contribution in [0.4, 0.5) is 5.69 Å². The molecule has 4 rings (SSSR count). The SMILES string of the molecule is CC(C)(C)c1ccc(S(=O)(=O)c2ccc3nccc(N4CCCNCC4)c3c2)cc1.Cl. The molecule has 3 aromatic rings. The van der Waals surface area contributed by atoms with Gasteiger partial charge in [0.25, 0.3) is 0 Å². The first kappa shape index (κ1) is 23.5. The average molecular weight is 460 g/mol. The molecule has 1 saturated heterocycles. The zero-order chi connectivity index (χ0) is 21.4. The number of anilines is 1. The highest BCUT2D eigenvalue weighted by Crippen LogP contribution is 2.31. The summed E-state index contributed by atoms with van der Waals surface area (Å²) in [5, 5.41) is 4.30. The third-order valence-electron chi connectivity index (χ3n) is 5.71. The van der Waals surface area contributed by atoms with Crippen molar-refractivity contribution in [2.24, 2.45) is 0 Å². The predicted octanol–water partition coefficient (Wildman–Crippen LogP) is 4.59. The molecular weight excluding hydrogens is 430 g/mol. The Morgan fingerprint density at radius 2 is 1.65 bits per heavy atom. The Kier molecular flexibility index (Phi) is 6.94. The van der Waals surface area contributed by atoms with Gasteiger partial charge in [-0.05, 0) is 60.3 Å². The third kappa shape index (κ3) is 4.86. The van der Waals surface area contributed by atoms with Crippen LogP contribution < -0.4 is 10.2 Å². The summed E-state index contributed by atoms with van der Waals surface area (Å²) in [6.07, 6.45) is 2.86. The third-order valence-corrected chi connectivity index (χ3v) is 7.48. The van der Waals surface area contributed by atoms with Gasteiger partial charge < -0.3 is 10.2 Å². The van der Waals surface area contributed by atoms with Crippen molar-refractivity contribution < 1.29 is 8.42 Å². The van der Waals surface area contributed by atoms with E-state index in [4.69, 9.17) is 0 Å². The van der Waals surface area contributed by atoms with Crippen LogP contribution in [-0.2, 0) is 15.3 Å². The summed E-state index contributed by atoms with van der Waals surface area (Å²) in [5.41, 5.74) is 2.95. The van der Waals surface area contributed by atoms with Gasteiger partial charge in [0.05, 0.1) is 15.3 Å². The van der Waals surface area contributed by atoms with E-state index in [0.29, 0.717) is 9.79 Å². The summed E-state index contributed by atoms with van der Waals surface area (Å²) < 4.78 is 26.7. The highest BCUT2D eigenvalue weighted by molar-refractivity contribution is 7.91. The summed E-state index contributed by atoms with van der Waals surface area (Å²) in [5.74, 6) is 0. The van der Waals surface area contributed by atoms with Gasteiger partial charge in [0.1, 0.15) is 0 Å². The normalized spacial score (nSPS) is 15.4. The Morgan fingerprint density at radius 1 is 0.935 bits per heavy atom. The molecule has 0 aliphatic carbocycles. The summed E-state index contributed by atoms with van der Waals surface area (Å²) in [4.78, 5) is 7.40. The van der Waals surface area contributed by atoms with E-state index in [9.17, 15) is 8.42 Å². The molecule has 1 aliphatic rings. The fourth-order valence-electron chi connectivity index (χ4n) is 3.91. The number of nitrogens with zero attached hydrogens (tertiary/aromatic N) is 2. The molecular formula is C24H30ClN3O2S. The van der Waals surface area contributed by atoms with Crippen LogP contribution in [0.15, 0.2) is 64.5 Å². The van der Waals surface area contributed by atoms with E-state index >= 15 is 0 Å². The standard InChI is InChI=1S/C24H29N3O2S.ClH/c1-24(2,3)18-5-7-19(8-6-18)30(28,29)20-9-10-22-21(17-20)23(11-13-26-22)27-15-4-12-25-14-16-27;/h5-11,13,17,25H,4,12,14-16H2,1-3H3;1H. The van der Waals surface area contributed by atoms with Gasteiger partial charge in [-0.2, -0.15) is 0 Å². The first-order valence-electron chi connectivity index (χ1n) is 10.5. The molecule has 0 radical (unpaired) electrons. The second-order valence-electron chi connectivity index (χ2n) is 8.88. The molecule has 2 heterocycles. The number of benzene rings is 2. The van der Waals surface area contributed by atoms with E-state index < -0.39 is 9.84 Å². The quantitative estimate of drug-likeness (QED) is 0.620. The molecule has 1 fully saturated rings. The van der Waals surface area contributed by atoms with Crippen molar-refractivity contribution in [3.8, 4) is 0 Å². The Morgan fingerprint density at radius 3 is 2.35 bits per heavy atom. The Labute approximate surface area is 191 Å². The lowest BCUT2D eigenvalue weighted by molar-refractivity contribution is 0.586. The maximum atomic E-state index is 13.3. The van der Waals surface area contributed by atoms with Crippen LogP contribution in [0.25, 0.3) is 10.9 Å². The van der Waals surface area contributed by atoms with Crippen LogP contribution >= 0.6 is 12.4 Å². The lowest BCUT2D eigenvalue weighted by atomic mass is 9.87. The van der Waals surface area contributed by atoms with E-state index in [1.54, 1.807) is 30.5 Å². The monoisotopic (exact) mass is 459 g/mol. The van der Waals surface area contributed by atoms with E-state index in [2.05, 4.69) is 36.0 Å². The molecule has 0 amide bonds. The highest BCUT2D eigenvalue weighted by atomic mass is 35.5. The molecule has 166 valence electrons. The van der Waals surface area contributed by atoms with Crippen LogP contribution in [0.5, 0.6) is 0 Å². The number of rotatable bonds is 3. The van der Waals surface area contributed by atoms with Gasteiger partial charge in [-0.1, -0.05) is 32.9 Å². The van der Waals surface area contributed by atoms with E-state index in [1.807, 2.05) is 24.3 Å². The lowest BCUT2D eigenvalue weighted by Gasteiger charge is -2.24. The number of hydrogen-bond acceptors (Lipinski definition) is 5. The minimum Gasteiger partial charge on any atom is -0.370 e. The second kappa shape index (κ2) is 9.15. The number of sulfone groups is 1. The van der Waals surface area contributed by atoms with Crippen molar-refractivity contribution in [3.05, 3.63) is 60.3 Å². The Hall–Kier alpha value is -2.15. The van der Waals surface area contributed by atoms with E-state index in [-0.39, 0.29) is 17.8 Å². The largest absolute Gasteiger partial charge is 0.370 e. The van der Waals surface area contributed by atoms with Crippen LogP contribution in [0.1, 0.15) is 32.8 Å². The van der Waals surface area contributed by atoms with E-state index in [1.165, 1.54) is 0 Å². The summed E-state index contributed by atoms with van der Waals surface area (Å²) in [6.45, 7) is 10.1. The molecule has 0 unspecified atom stereocenters. The molecule has 0 atom stereocenters. The van der Waals surface area contributed by atoms with Crippen molar-refractivity contribution in [1.29, 1.82) is 0 Å². The smallest absolute Gasteiger partial charge is 0.206 e. The molecule has 5 nitrogen and oxygen atoms in total. The molecule has 1 aliphatic heterocycles. The van der Waals surface area contributed by atoms with Crippen LogP contribution in [0, 0.1) is 0 Å². The second-order valence-corrected chi connectivity index (χ2v) is 10.8. The number of nitrogens with one attached hydrogen (secondary N) is 1. The fourth-order valence-corrected chi connectivity index (χ4v) is 5.20. The zero-order valence-electron chi connectivity index (χ0n) is 18.3. The van der Waals surface area contributed by atoms with Crippen molar-refractivity contribution >= 4 is 38.8 Å². The minimum absolute atomic E-state index is 0. The molecule has 0 bridgehead atoms. The molecule has 1 aromatic heterocycles. The van der Waals surface area contributed by atoms with Crippen molar-refractivity contribution in [1.82, 2.24) is 10.3 Å². The topological polar surface area (TPSA) is 62.3 Å². The zero-order valence-corrected chi connectivity index (χ0v) is 19.9. The van der Waals surface area contributed by atoms with Crippen LogP contribution in [0.2, 0.25) is 0 Å². The summed E-state index contributed by atoms with van der Waals surface area (Å²) in [7, 11) is -3.61. The molecule has 0 saturated carbocycles. The maximum Gasteiger partial charge on any atom is 0.206 e. The number of aromatic nitrogens is 1. The fraction of sp³-hybridized carbons (Fsp3) is 0.375. The minimum atomic E-state index is -3.61. The van der Waals surface area contributed by atoms with Crippen LogP contribution in [0.3, 0.4) is 0 Å². The van der Waals surface area contributed by atoms with Gasteiger partial charge in [-0.15, -0.1) is 12.4 Å². The molecule has 0 spiro atoms. The number of pyridine rings is 1. The Bertz CT molecular complexity index is 1150. The van der Waals surface area contributed by atoms with Crippen molar-refractivity contribution in [2.45, 2.75) is 42.4 Å². The first-order chi connectivity index (χ1) is 14.3. The molecule has 7 heteroatoms. The van der Waals surface area contributed by atoms with E-state index in [0.717, 1.165) is 54.8 Å². The number of halogens is 1. The average Bonchev–Trinajstić information content (AvgIpc) is 3.02. The number of hydrogen-bond donors (Lipinski definition) is 1. The van der Waals surface area contributed by atoms with Crippen molar-refractivity contribution in [2.75, 3.05) is 31.1 Å². The van der Waals surface area contributed by atoms with Gasteiger partial charge in [-0.25, -0.2) is 8.42 Å². The van der Waals surface area contributed by atoms with Gasteiger partial charge in [0.15, 0.2) is 0 Å². The van der Waals surface area contributed by atoms with Gasteiger partial charge in [0, 0.05) is 36.9 Å². The first-order valence-corrected chi connectivity index (χ1v) is 12.0. The maximum absolute atomic E-state index is 13.3.